The molecule has 1 aliphatic carbocycles. The Morgan fingerprint density at radius 1 is 1.28 bits per heavy atom. The molecule has 0 radical (unpaired) electrons. The lowest BCUT2D eigenvalue weighted by atomic mass is 10.0. The van der Waals surface area contributed by atoms with Crippen LogP contribution in [0.3, 0.4) is 0 Å². The van der Waals surface area contributed by atoms with Gasteiger partial charge in [-0.1, -0.05) is 18.9 Å². The molecule has 0 unspecified atom stereocenters. The first-order valence-electron chi connectivity index (χ1n) is 9.15. The number of likely N-dealkylation sites (N-methyl/N-ethyl adjacent to an activating group) is 1. The molecule has 0 spiro atoms. The Bertz CT molecular complexity index is 722. The van der Waals surface area contributed by atoms with E-state index < -0.39 is 0 Å². The van der Waals surface area contributed by atoms with Crippen LogP contribution < -0.4 is 5.32 Å². The van der Waals surface area contributed by atoms with Gasteiger partial charge in [0.05, 0.1) is 17.8 Å². The van der Waals surface area contributed by atoms with Crippen LogP contribution in [0.5, 0.6) is 0 Å². The molecule has 2 aromatic heterocycles. The molecular weight excluding hydrogens is 314 g/mol. The average Bonchev–Trinajstić information content (AvgIpc) is 3.35. The molecule has 3 heterocycles. The maximum Gasteiger partial charge on any atom is 0.224 e. The van der Waals surface area contributed by atoms with E-state index in [0.717, 1.165) is 11.3 Å². The van der Waals surface area contributed by atoms with Crippen molar-refractivity contribution in [1.29, 1.82) is 0 Å². The molecule has 4 rings (SSSR count). The van der Waals surface area contributed by atoms with Crippen molar-refractivity contribution in [1.82, 2.24) is 25.0 Å². The number of carbonyl (C=O) groups is 1. The smallest absolute Gasteiger partial charge is 0.224 e. The highest BCUT2D eigenvalue weighted by molar-refractivity contribution is 5.80. The zero-order valence-electron chi connectivity index (χ0n) is 14.6. The number of hydrogen-bond acceptors (Lipinski definition) is 4. The molecule has 6 nitrogen and oxygen atoms in total. The largest absolute Gasteiger partial charge is 0.337 e. The first-order chi connectivity index (χ1) is 12.2. The minimum absolute atomic E-state index is 0.0260. The maximum atomic E-state index is 12.2. The normalized spacial score (nSPS) is 24.4. The predicted molar refractivity (Wildman–Crippen MR) is 94.7 cm³/mol. The fourth-order valence-electron chi connectivity index (χ4n) is 4.14. The zero-order chi connectivity index (χ0) is 17.2. The summed E-state index contributed by atoms with van der Waals surface area (Å²) in [6.45, 7) is 0.683. The van der Waals surface area contributed by atoms with Gasteiger partial charge in [0, 0.05) is 44.6 Å². The van der Waals surface area contributed by atoms with E-state index in [-0.39, 0.29) is 18.0 Å². The summed E-state index contributed by atoms with van der Waals surface area (Å²) < 4.78 is 2.12. The number of carbonyl (C=O) groups excluding carboxylic acids is 1. The summed E-state index contributed by atoms with van der Waals surface area (Å²) in [4.78, 5) is 18.2. The Morgan fingerprint density at radius 2 is 2.12 bits per heavy atom. The number of aromatic nitrogens is 3. The summed E-state index contributed by atoms with van der Waals surface area (Å²) >= 11 is 0. The molecule has 0 aromatic carbocycles. The van der Waals surface area contributed by atoms with Crippen molar-refractivity contribution in [3.63, 3.8) is 0 Å². The molecular formula is C19H25N5O. The number of pyridine rings is 1. The van der Waals surface area contributed by atoms with Crippen molar-refractivity contribution < 1.29 is 4.79 Å². The van der Waals surface area contributed by atoms with Crippen molar-refractivity contribution in [2.75, 3.05) is 7.05 Å². The van der Waals surface area contributed by atoms with Gasteiger partial charge < -0.3 is 10.2 Å². The number of likely N-dealkylation sites (tertiary alicyclic amines) is 1. The maximum absolute atomic E-state index is 12.2. The third-order valence-corrected chi connectivity index (χ3v) is 5.52. The molecule has 1 saturated heterocycles. The van der Waals surface area contributed by atoms with Crippen molar-refractivity contribution in [2.24, 2.45) is 0 Å². The van der Waals surface area contributed by atoms with Gasteiger partial charge in [-0.2, -0.15) is 5.10 Å². The van der Waals surface area contributed by atoms with Gasteiger partial charge in [-0.25, -0.2) is 0 Å². The van der Waals surface area contributed by atoms with E-state index in [0.29, 0.717) is 19.0 Å². The van der Waals surface area contributed by atoms with E-state index >= 15 is 0 Å². The van der Waals surface area contributed by atoms with Crippen LogP contribution in [0.1, 0.15) is 55.4 Å². The van der Waals surface area contributed by atoms with Crippen molar-refractivity contribution in [3.8, 4) is 0 Å². The Labute approximate surface area is 148 Å². The summed E-state index contributed by atoms with van der Waals surface area (Å²) in [6, 6.07) is 6.72. The quantitative estimate of drug-likeness (QED) is 0.909. The third kappa shape index (κ3) is 3.31. The van der Waals surface area contributed by atoms with Gasteiger partial charge in [-0.3, -0.25) is 14.5 Å². The Balaban J connectivity index is 1.43. The molecule has 2 aromatic rings. The minimum Gasteiger partial charge on any atom is -0.337 e. The lowest BCUT2D eigenvalue weighted by Crippen LogP contribution is -2.35. The van der Waals surface area contributed by atoms with Crippen molar-refractivity contribution in [3.05, 3.63) is 48.0 Å². The number of amides is 1. The Kier molecular flexibility index (Phi) is 4.53. The SMILES string of the molecule is CN1C(=O)C[C@@H](NCc2ccn(C3CCCC3)n2)[C@@H]1c1cccnc1. The third-order valence-electron chi connectivity index (χ3n) is 5.52. The molecule has 2 fully saturated rings. The summed E-state index contributed by atoms with van der Waals surface area (Å²) in [6.07, 6.45) is 11.3. The van der Waals surface area contributed by atoms with Gasteiger partial charge in [-0.05, 0) is 30.5 Å². The van der Waals surface area contributed by atoms with Gasteiger partial charge in [0.25, 0.3) is 0 Å². The molecule has 1 amide bonds. The summed E-state index contributed by atoms with van der Waals surface area (Å²) in [5.41, 5.74) is 2.11. The second-order valence-electron chi connectivity index (χ2n) is 7.15. The topological polar surface area (TPSA) is 63.1 Å². The van der Waals surface area contributed by atoms with Crippen LogP contribution in [0.15, 0.2) is 36.8 Å². The highest BCUT2D eigenvalue weighted by atomic mass is 16.2. The van der Waals surface area contributed by atoms with E-state index in [2.05, 4.69) is 27.2 Å². The van der Waals surface area contributed by atoms with Crippen molar-refractivity contribution >= 4 is 5.91 Å². The standard InChI is InChI=1S/C19H25N5O/c1-23-18(25)11-17(19(23)14-5-4-9-20-12-14)21-13-15-8-10-24(22-15)16-6-2-3-7-16/h4-5,8-10,12,16-17,19,21H,2-3,6-7,11,13H2,1H3/t17-,19+/m1/s1. The molecule has 6 heteroatoms. The Hall–Kier alpha value is -2.21. The number of rotatable bonds is 5. The second-order valence-corrected chi connectivity index (χ2v) is 7.15. The Morgan fingerprint density at radius 3 is 2.88 bits per heavy atom. The fraction of sp³-hybridized carbons (Fsp3) is 0.526. The summed E-state index contributed by atoms with van der Waals surface area (Å²) in [5, 5.41) is 8.28. The van der Waals surface area contributed by atoms with Crippen LogP contribution in [-0.4, -0.2) is 38.7 Å². The molecule has 1 aliphatic heterocycles. The van der Waals surface area contributed by atoms with E-state index in [9.17, 15) is 4.79 Å². The van der Waals surface area contributed by atoms with Crippen LogP contribution in [0.25, 0.3) is 0 Å². The van der Waals surface area contributed by atoms with Gasteiger partial charge in [0.2, 0.25) is 5.91 Å². The second kappa shape index (κ2) is 6.96. The van der Waals surface area contributed by atoms with E-state index in [4.69, 9.17) is 5.10 Å². The fourth-order valence-corrected chi connectivity index (χ4v) is 4.14. The molecule has 2 atom stereocenters. The van der Waals surface area contributed by atoms with Crippen molar-refractivity contribution in [2.45, 2.75) is 56.8 Å². The first-order valence-corrected chi connectivity index (χ1v) is 9.15. The molecule has 1 N–H and O–H groups in total. The highest BCUT2D eigenvalue weighted by Crippen LogP contribution is 2.32. The summed E-state index contributed by atoms with van der Waals surface area (Å²) in [7, 11) is 1.87. The monoisotopic (exact) mass is 339 g/mol. The zero-order valence-corrected chi connectivity index (χ0v) is 14.6. The predicted octanol–water partition coefficient (Wildman–Crippen LogP) is 2.45. The van der Waals surface area contributed by atoms with Crippen LogP contribution >= 0.6 is 0 Å². The summed E-state index contributed by atoms with van der Waals surface area (Å²) in [5.74, 6) is 0.169. The molecule has 0 bridgehead atoms. The van der Waals surface area contributed by atoms with Crippen LogP contribution in [-0.2, 0) is 11.3 Å². The number of nitrogens with zero attached hydrogens (tertiary/aromatic N) is 4. The van der Waals surface area contributed by atoms with Gasteiger partial charge in [0.1, 0.15) is 0 Å². The first kappa shape index (κ1) is 16.3. The lowest BCUT2D eigenvalue weighted by Gasteiger charge is -2.25. The van der Waals surface area contributed by atoms with Crippen LogP contribution in [0.4, 0.5) is 0 Å². The highest BCUT2D eigenvalue weighted by Gasteiger charge is 2.38. The van der Waals surface area contributed by atoms with Gasteiger partial charge >= 0.3 is 0 Å². The van der Waals surface area contributed by atoms with Crippen LogP contribution in [0, 0.1) is 0 Å². The van der Waals surface area contributed by atoms with Gasteiger partial charge in [0.15, 0.2) is 0 Å². The van der Waals surface area contributed by atoms with E-state index in [1.165, 1.54) is 25.7 Å². The van der Waals surface area contributed by atoms with E-state index in [1.54, 1.807) is 6.20 Å². The number of hydrogen-bond donors (Lipinski definition) is 1. The number of nitrogens with one attached hydrogen (secondary N) is 1. The lowest BCUT2D eigenvalue weighted by molar-refractivity contribution is -0.127. The molecule has 2 aliphatic rings. The average molecular weight is 339 g/mol. The molecule has 1 saturated carbocycles. The van der Waals surface area contributed by atoms with E-state index in [1.807, 2.05) is 30.3 Å². The molecule has 132 valence electrons. The minimum atomic E-state index is 0.0260. The molecule has 25 heavy (non-hydrogen) atoms. The van der Waals surface area contributed by atoms with Gasteiger partial charge in [-0.15, -0.1) is 0 Å². The van der Waals surface area contributed by atoms with Crippen LogP contribution in [0.2, 0.25) is 0 Å².